The molecule has 122 valence electrons. The van der Waals surface area contributed by atoms with E-state index in [1.807, 2.05) is 12.3 Å². The zero-order valence-electron chi connectivity index (χ0n) is 14.5. The van der Waals surface area contributed by atoms with Gasteiger partial charge in [-0.05, 0) is 19.9 Å². The van der Waals surface area contributed by atoms with E-state index in [9.17, 15) is 0 Å². The van der Waals surface area contributed by atoms with Crippen LogP contribution in [0.15, 0.2) is 18.5 Å². The van der Waals surface area contributed by atoms with E-state index in [1.165, 1.54) is 0 Å². The molecular formula is C17H24N6. The average Bonchev–Trinajstić information content (AvgIpc) is 2.89. The number of fused-ring (bicyclic) bond motifs is 1. The van der Waals surface area contributed by atoms with Gasteiger partial charge in [0.15, 0.2) is 0 Å². The van der Waals surface area contributed by atoms with Crippen molar-refractivity contribution in [2.24, 2.45) is 0 Å². The molecule has 0 spiro atoms. The quantitative estimate of drug-likeness (QED) is 0.940. The predicted octanol–water partition coefficient (Wildman–Crippen LogP) is 2.90. The van der Waals surface area contributed by atoms with Crippen molar-refractivity contribution in [3.8, 4) is 0 Å². The zero-order valence-corrected chi connectivity index (χ0v) is 14.5. The van der Waals surface area contributed by atoms with Gasteiger partial charge in [0.05, 0.1) is 12.2 Å². The molecule has 0 atom stereocenters. The number of aromatic nitrogens is 4. The minimum absolute atomic E-state index is 0.0416. The lowest BCUT2D eigenvalue weighted by Gasteiger charge is -2.17. The van der Waals surface area contributed by atoms with E-state index >= 15 is 0 Å². The minimum atomic E-state index is -0.0416. The van der Waals surface area contributed by atoms with Crippen molar-refractivity contribution in [2.75, 3.05) is 10.2 Å². The summed E-state index contributed by atoms with van der Waals surface area (Å²) >= 11 is 0. The van der Waals surface area contributed by atoms with Crippen molar-refractivity contribution in [3.05, 3.63) is 35.5 Å². The molecule has 6 nitrogen and oxygen atoms in total. The molecular weight excluding hydrogens is 288 g/mol. The van der Waals surface area contributed by atoms with Gasteiger partial charge in [-0.25, -0.2) is 15.0 Å². The van der Waals surface area contributed by atoms with Gasteiger partial charge in [0.1, 0.15) is 11.6 Å². The molecule has 1 N–H and O–H groups in total. The molecule has 3 rings (SSSR count). The molecule has 23 heavy (non-hydrogen) atoms. The molecule has 0 saturated heterocycles. The van der Waals surface area contributed by atoms with Crippen molar-refractivity contribution in [3.63, 3.8) is 0 Å². The maximum absolute atomic E-state index is 4.75. The maximum atomic E-state index is 4.75. The lowest BCUT2D eigenvalue weighted by molar-refractivity contribution is 0.541. The molecule has 0 aromatic carbocycles. The molecule has 0 unspecified atom stereocenters. The van der Waals surface area contributed by atoms with Crippen molar-refractivity contribution in [1.82, 2.24) is 19.9 Å². The minimum Gasteiger partial charge on any atom is -0.368 e. The van der Waals surface area contributed by atoms with Crippen LogP contribution in [0.2, 0.25) is 0 Å². The van der Waals surface area contributed by atoms with E-state index in [0.717, 1.165) is 41.9 Å². The molecule has 3 heterocycles. The summed E-state index contributed by atoms with van der Waals surface area (Å²) in [4.78, 5) is 20.4. The monoisotopic (exact) mass is 312 g/mol. The third-order valence-corrected chi connectivity index (χ3v) is 3.69. The molecule has 0 bridgehead atoms. The zero-order chi connectivity index (χ0) is 16.6. The number of anilines is 2. The van der Waals surface area contributed by atoms with Crippen LogP contribution in [0, 0.1) is 0 Å². The lowest BCUT2D eigenvalue weighted by Crippen LogP contribution is -2.19. The number of nitrogens with one attached hydrogen (secondary N) is 1. The van der Waals surface area contributed by atoms with Crippen molar-refractivity contribution in [2.45, 2.75) is 59.2 Å². The van der Waals surface area contributed by atoms with Gasteiger partial charge in [-0.2, -0.15) is 4.98 Å². The normalized spacial score (nSPS) is 14.3. The fourth-order valence-corrected chi connectivity index (χ4v) is 2.53. The van der Waals surface area contributed by atoms with E-state index in [1.54, 1.807) is 6.20 Å². The summed E-state index contributed by atoms with van der Waals surface area (Å²) < 4.78 is 0. The van der Waals surface area contributed by atoms with Crippen LogP contribution in [0.5, 0.6) is 0 Å². The summed E-state index contributed by atoms with van der Waals surface area (Å²) in [5, 5.41) is 3.31. The van der Waals surface area contributed by atoms with Gasteiger partial charge in [0, 0.05) is 36.0 Å². The molecule has 0 amide bonds. The van der Waals surface area contributed by atoms with Crippen LogP contribution in [-0.2, 0) is 18.5 Å². The van der Waals surface area contributed by atoms with Crippen LogP contribution in [0.3, 0.4) is 0 Å². The van der Waals surface area contributed by atoms with Gasteiger partial charge in [0.25, 0.3) is 0 Å². The van der Waals surface area contributed by atoms with Crippen molar-refractivity contribution in [1.29, 1.82) is 0 Å². The highest BCUT2D eigenvalue weighted by Gasteiger charge is 2.26. The van der Waals surface area contributed by atoms with Crippen LogP contribution in [0.4, 0.5) is 11.8 Å². The van der Waals surface area contributed by atoms with Crippen LogP contribution >= 0.6 is 0 Å². The standard InChI is InChI=1S/C17H24N6/c1-11(2)20-14-6-7-18-16(22-14)23-9-12-8-19-15(17(3,4)5)21-13(12)10-23/h6-8,11H,9-10H2,1-5H3,(H,18,20,22). The highest BCUT2D eigenvalue weighted by atomic mass is 15.3. The van der Waals surface area contributed by atoms with Gasteiger partial charge >= 0.3 is 0 Å². The maximum Gasteiger partial charge on any atom is 0.227 e. The number of nitrogens with zero attached hydrogens (tertiary/aromatic N) is 5. The summed E-state index contributed by atoms with van der Waals surface area (Å²) in [7, 11) is 0. The molecule has 1 aliphatic rings. The molecule has 6 heteroatoms. The highest BCUT2D eigenvalue weighted by Crippen LogP contribution is 2.27. The predicted molar refractivity (Wildman–Crippen MR) is 91.4 cm³/mol. The first-order valence-electron chi connectivity index (χ1n) is 8.03. The van der Waals surface area contributed by atoms with Crippen LogP contribution in [0.1, 0.15) is 51.7 Å². The van der Waals surface area contributed by atoms with E-state index in [0.29, 0.717) is 6.04 Å². The Bertz CT molecular complexity index is 704. The summed E-state index contributed by atoms with van der Waals surface area (Å²) in [5.74, 6) is 2.46. The smallest absolute Gasteiger partial charge is 0.227 e. The molecule has 1 aliphatic heterocycles. The van der Waals surface area contributed by atoms with E-state index < -0.39 is 0 Å². The van der Waals surface area contributed by atoms with Gasteiger partial charge in [-0.3, -0.25) is 0 Å². The van der Waals surface area contributed by atoms with Gasteiger partial charge < -0.3 is 10.2 Å². The SMILES string of the molecule is CC(C)Nc1ccnc(N2Cc3cnc(C(C)(C)C)nc3C2)n1. The first-order chi connectivity index (χ1) is 10.8. The Kier molecular flexibility index (Phi) is 3.92. The Hall–Kier alpha value is -2.24. The largest absolute Gasteiger partial charge is 0.368 e. The molecule has 0 aliphatic carbocycles. The Balaban J connectivity index is 1.82. The topological polar surface area (TPSA) is 66.8 Å². The van der Waals surface area contributed by atoms with Crippen LogP contribution < -0.4 is 10.2 Å². The molecule has 2 aromatic heterocycles. The van der Waals surface area contributed by atoms with Gasteiger partial charge in [-0.1, -0.05) is 20.8 Å². The highest BCUT2D eigenvalue weighted by molar-refractivity contribution is 5.45. The second kappa shape index (κ2) is 5.76. The van der Waals surface area contributed by atoms with Crippen molar-refractivity contribution < 1.29 is 0 Å². The van der Waals surface area contributed by atoms with Crippen LogP contribution in [-0.4, -0.2) is 26.0 Å². The average molecular weight is 312 g/mol. The number of hydrogen-bond acceptors (Lipinski definition) is 6. The Labute approximate surface area is 137 Å². The second-order valence-corrected chi connectivity index (χ2v) is 7.31. The van der Waals surface area contributed by atoms with E-state index in [-0.39, 0.29) is 5.41 Å². The second-order valence-electron chi connectivity index (χ2n) is 7.31. The third kappa shape index (κ3) is 3.41. The van der Waals surface area contributed by atoms with E-state index in [4.69, 9.17) is 4.98 Å². The summed E-state index contributed by atoms with van der Waals surface area (Å²) in [6.45, 7) is 12.1. The fourth-order valence-electron chi connectivity index (χ4n) is 2.53. The first-order valence-corrected chi connectivity index (χ1v) is 8.03. The van der Waals surface area contributed by atoms with Crippen LogP contribution in [0.25, 0.3) is 0 Å². The first kappa shape index (κ1) is 15.6. The fraction of sp³-hybridized carbons (Fsp3) is 0.529. The Morgan fingerprint density at radius 1 is 1.13 bits per heavy atom. The number of hydrogen-bond donors (Lipinski definition) is 1. The summed E-state index contributed by atoms with van der Waals surface area (Å²) in [6, 6.07) is 2.23. The van der Waals surface area contributed by atoms with Crippen molar-refractivity contribution >= 4 is 11.8 Å². The van der Waals surface area contributed by atoms with E-state index in [2.05, 4.69) is 59.8 Å². The Morgan fingerprint density at radius 2 is 1.91 bits per heavy atom. The molecule has 0 fully saturated rings. The molecule has 0 radical (unpaired) electrons. The molecule has 0 saturated carbocycles. The third-order valence-electron chi connectivity index (χ3n) is 3.69. The lowest BCUT2D eigenvalue weighted by atomic mass is 9.95. The summed E-state index contributed by atoms with van der Waals surface area (Å²) in [6.07, 6.45) is 3.74. The van der Waals surface area contributed by atoms with Gasteiger partial charge in [0.2, 0.25) is 5.95 Å². The summed E-state index contributed by atoms with van der Waals surface area (Å²) in [5.41, 5.74) is 2.19. The van der Waals surface area contributed by atoms with Gasteiger partial charge in [-0.15, -0.1) is 0 Å². The Morgan fingerprint density at radius 3 is 2.61 bits per heavy atom. The molecule has 2 aromatic rings. The number of rotatable bonds is 3.